The maximum atomic E-state index is 6.14. The van der Waals surface area contributed by atoms with Crippen molar-refractivity contribution >= 4 is 23.2 Å². The lowest BCUT2D eigenvalue weighted by Gasteiger charge is -2.08. The van der Waals surface area contributed by atoms with Crippen LogP contribution in [0.3, 0.4) is 0 Å². The third-order valence-corrected chi connectivity index (χ3v) is 3.26. The van der Waals surface area contributed by atoms with Crippen molar-refractivity contribution < 1.29 is 0 Å². The van der Waals surface area contributed by atoms with E-state index in [0.717, 1.165) is 5.69 Å². The van der Waals surface area contributed by atoms with Crippen LogP contribution in [0.2, 0.25) is 5.02 Å². The van der Waals surface area contributed by atoms with E-state index in [1.165, 1.54) is 6.20 Å². The van der Waals surface area contributed by atoms with Gasteiger partial charge in [0.05, 0.1) is 35.3 Å². The van der Waals surface area contributed by atoms with Crippen LogP contribution in [0.4, 0.5) is 11.6 Å². The molecule has 0 spiro atoms. The van der Waals surface area contributed by atoms with E-state index in [1.54, 1.807) is 24.7 Å². The van der Waals surface area contributed by atoms with Crippen molar-refractivity contribution in [3.05, 3.63) is 59.8 Å². The van der Waals surface area contributed by atoms with Gasteiger partial charge in [0.2, 0.25) is 0 Å². The molecule has 3 aromatic rings. The van der Waals surface area contributed by atoms with Crippen molar-refractivity contribution in [2.75, 3.05) is 11.1 Å². The number of nitrogens with zero attached hydrogens (tertiary/aromatic N) is 4. The highest BCUT2D eigenvalue weighted by molar-refractivity contribution is 6.33. The lowest BCUT2D eigenvalue weighted by atomic mass is 10.2. The largest absolute Gasteiger partial charge is 0.384 e. The maximum Gasteiger partial charge on any atom is 0.145 e. The predicted molar refractivity (Wildman–Crippen MR) is 86.2 cm³/mol. The van der Waals surface area contributed by atoms with Gasteiger partial charge < -0.3 is 11.1 Å². The second-order valence-corrected chi connectivity index (χ2v) is 4.96. The van der Waals surface area contributed by atoms with Crippen molar-refractivity contribution in [3.8, 4) is 11.3 Å². The van der Waals surface area contributed by atoms with Crippen LogP contribution in [-0.4, -0.2) is 19.9 Å². The Morgan fingerprint density at radius 2 is 2.05 bits per heavy atom. The Balaban J connectivity index is 1.82. The van der Waals surface area contributed by atoms with E-state index in [9.17, 15) is 0 Å². The van der Waals surface area contributed by atoms with Gasteiger partial charge in [-0.05, 0) is 18.2 Å². The van der Waals surface area contributed by atoms with Gasteiger partial charge in [-0.2, -0.15) is 0 Å². The van der Waals surface area contributed by atoms with E-state index in [-0.39, 0.29) is 0 Å². The van der Waals surface area contributed by atoms with Crippen LogP contribution in [0.1, 0.15) is 5.69 Å². The number of nitrogens with one attached hydrogen (secondary N) is 1. The van der Waals surface area contributed by atoms with Gasteiger partial charge in [0.25, 0.3) is 0 Å². The van der Waals surface area contributed by atoms with E-state index in [4.69, 9.17) is 17.3 Å². The molecule has 0 radical (unpaired) electrons. The number of nitrogens with two attached hydrogens (primary N) is 1. The summed E-state index contributed by atoms with van der Waals surface area (Å²) in [4.78, 5) is 16.9. The number of aromatic nitrogens is 4. The van der Waals surface area contributed by atoms with Gasteiger partial charge in [-0.15, -0.1) is 0 Å². The van der Waals surface area contributed by atoms with Crippen molar-refractivity contribution in [2.45, 2.75) is 6.54 Å². The van der Waals surface area contributed by atoms with Crippen LogP contribution >= 0.6 is 11.6 Å². The minimum absolute atomic E-state index is 0.382. The SMILES string of the molecule is Nc1cc(-c2cncc(NCc3ccccn3)n2)c(Cl)cn1. The average molecular weight is 313 g/mol. The molecule has 0 saturated carbocycles. The molecule has 0 aliphatic heterocycles. The van der Waals surface area contributed by atoms with Gasteiger partial charge in [0.15, 0.2) is 0 Å². The molecule has 0 unspecified atom stereocenters. The number of hydrogen-bond donors (Lipinski definition) is 2. The smallest absolute Gasteiger partial charge is 0.145 e. The summed E-state index contributed by atoms with van der Waals surface area (Å²) in [6.45, 7) is 0.561. The molecule has 0 aliphatic rings. The molecule has 22 heavy (non-hydrogen) atoms. The number of pyridine rings is 2. The molecule has 0 fully saturated rings. The van der Waals surface area contributed by atoms with Crippen LogP contribution in [0.15, 0.2) is 49.1 Å². The second kappa shape index (κ2) is 6.36. The van der Waals surface area contributed by atoms with E-state index in [0.29, 0.717) is 34.5 Å². The van der Waals surface area contributed by atoms with Crippen LogP contribution in [0.5, 0.6) is 0 Å². The summed E-state index contributed by atoms with van der Waals surface area (Å²) in [6, 6.07) is 7.42. The fraction of sp³-hybridized carbons (Fsp3) is 0.0667. The number of nitrogen functional groups attached to an aromatic ring is 1. The first kappa shape index (κ1) is 14.2. The van der Waals surface area contributed by atoms with Crippen LogP contribution in [0, 0.1) is 0 Å². The summed E-state index contributed by atoms with van der Waals surface area (Å²) < 4.78 is 0. The first-order valence-corrected chi connectivity index (χ1v) is 6.97. The molecule has 0 aromatic carbocycles. The van der Waals surface area contributed by atoms with Crippen molar-refractivity contribution in [2.24, 2.45) is 0 Å². The van der Waals surface area contributed by atoms with Crippen LogP contribution < -0.4 is 11.1 Å². The molecule has 3 rings (SSSR count). The second-order valence-electron chi connectivity index (χ2n) is 4.55. The highest BCUT2D eigenvalue weighted by atomic mass is 35.5. The molecule has 110 valence electrons. The lowest BCUT2D eigenvalue weighted by Crippen LogP contribution is -2.04. The van der Waals surface area contributed by atoms with E-state index in [2.05, 4.69) is 25.3 Å². The lowest BCUT2D eigenvalue weighted by molar-refractivity contribution is 1.02. The average Bonchev–Trinajstić information content (AvgIpc) is 2.56. The molecule has 0 atom stereocenters. The monoisotopic (exact) mass is 312 g/mol. The number of anilines is 2. The van der Waals surface area contributed by atoms with E-state index >= 15 is 0 Å². The predicted octanol–water partition coefficient (Wildman–Crippen LogP) is 2.78. The molecular formula is C15H13ClN6. The summed E-state index contributed by atoms with van der Waals surface area (Å²) in [5.41, 5.74) is 7.94. The quantitative estimate of drug-likeness (QED) is 0.770. The van der Waals surface area contributed by atoms with E-state index in [1.807, 2.05) is 18.2 Å². The first-order chi connectivity index (χ1) is 10.7. The zero-order valence-electron chi connectivity index (χ0n) is 11.6. The third-order valence-electron chi connectivity index (χ3n) is 2.96. The molecule has 3 N–H and O–H groups in total. The van der Waals surface area contributed by atoms with Crippen LogP contribution in [-0.2, 0) is 6.54 Å². The van der Waals surface area contributed by atoms with Gasteiger partial charge >= 0.3 is 0 Å². The Morgan fingerprint density at radius 3 is 2.86 bits per heavy atom. The standard InChI is InChI=1S/C15H13ClN6/c16-12-7-20-14(17)5-11(12)13-8-18-9-15(22-13)21-6-10-3-1-2-4-19-10/h1-5,7-9H,6H2,(H2,17,20)(H,21,22). The highest BCUT2D eigenvalue weighted by Gasteiger charge is 2.08. The van der Waals surface area contributed by atoms with Crippen molar-refractivity contribution in [1.82, 2.24) is 19.9 Å². The Bertz CT molecular complexity index is 778. The van der Waals surface area contributed by atoms with Gasteiger partial charge in [-0.25, -0.2) is 9.97 Å². The fourth-order valence-corrected chi connectivity index (χ4v) is 2.12. The first-order valence-electron chi connectivity index (χ1n) is 6.59. The van der Waals surface area contributed by atoms with E-state index < -0.39 is 0 Å². The van der Waals surface area contributed by atoms with Crippen molar-refractivity contribution in [3.63, 3.8) is 0 Å². The fourth-order valence-electron chi connectivity index (χ4n) is 1.92. The molecule has 0 aliphatic carbocycles. The highest BCUT2D eigenvalue weighted by Crippen LogP contribution is 2.27. The molecule has 7 heteroatoms. The molecular weight excluding hydrogens is 300 g/mol. The van der Waals surface area contributed by atoms with Gasteiger partial charge in [-0.3, -0.25) is 9.97 Å². The zero-order valence-corrected chi connectivity index (χ0v) is 12.3. The van der Waals surface area contributed by atoms with Gasteiger partial charge in [-0.1, -0.05) is 17.7 Å². The number of rotatable bonds is 4. The summed E-state index contributed by atoms with van der Waals surface area (Å²) in [5, 5.41) is 3.66. The summed E-state index contributed by atoms with van der Waals surface area (Å²) >= 11 is 6.14. The minimum atomic E-state index is 0.382. The number of hydrogen-bond acceptors (Lipinski definition) is 6. The van der Waals surface area contributed by atoms with Crippen LogP contribution in [0.25, 0.3) is 11.3 Å². The Hall–Kier alpha value is -2.73. The molecule has 3 heterocycles. The Labute approximate surface area is 132 Å². The topological polar surface area (TPSA) is 89.6 Å². The normalized spacial score (nSPS) is 10.4. The third kappa shape index (κ3) is 3.29. The Morgan fingerprint density at radius 1 is 1.14 bits per heavy atom. The zero-order chi connectivity index (χ0) is 15.4. The molecule has 0 saturated heterocycles. The van der Waals surface area contributed by atoms with Crippen molar-refractivity contribution in [1.29, 1.82) is 0 Å². The summed E-state index contributed by atoms with van der Waals surface area (Å²) in [5.74, 6) is 1.02. The summed E-state index contributed by atoms with van der Waals surface area (Å²) in [6.07, 6.45) is 6.53. The minimum Gasteiger partial charge on any atom is -0.384 e. The Kier molecular flexibility index (Phi) is 4.11. The van der Waals surface area contributed by atoms with Gasteiger partial charge in [0, 0.05) is 18.0 Å². The molecule has 0 amide bonds. The van der Waals surface area contributed by atoms with Gasteiger partial charge in [0.1, 0.15) is 11.6 Å². The molecule has 3 aromatic heterocycles. The maximum absolute atomic E-state index is 6.14. The number of halogens is 1. The summed E-state index contributed by atoms with van der Waals surface area (Å²) in [7, 11) is 0. The molecule has 6 nitrogen and oxygen atoms in total. The molecule has 0 bridgehead atoms.